The predicted octanol–water partition coefficient (Wildman–Crippen LogP) is 3.43. The van der Waals surface area contributed by atoms with Crippen LogP contribution in [0.1, 0.15) is 76.6 Å². The molecule has 2 atom stereocenters. The molecule has 338 valence electrons. The molecule has 2 aromatic carbocycles. The number of halogens is 2. The molecule has 0 saturated carbocycles. The van der Waals surface area contributed by atoms with Gasteiger partial charge < -0.3 is 46.7 Å². The van der Waals surface area contributed by atoms with Crippen molar-refractivity contribution in [2.45, 2.75) is 77.9 Å². The van der Waals surface area contributed by atoms with Gasteiger partial charge in [-0.3, -0.25) is 33.6 Å². The molecule has 62 heavy (non-hydrogen) atoms. The second-order valence-corrected chi connectivity index (χ2v) is 16.7. The molecule has 19 heteroatoms. The van der Waals surface area contributed by atoms with Gasteiger partial charge >= 0.3 is 11.9 Å². The summed E-state index contributed by atoms with van der Waals surface area (Å²) in [7, 11) is 0. The van der Waals surface area contributed by atoms with Gasteiger partial charge in [-0.05, 0) is 54.6 Å². The number of thioether (sulfide) groups is 1. The van der Waals surface area contributed by atoms with E-state index in [1.807, 2.05) is 55.7 Å². The van der Waals surface area contributed by atoms with E-state index in [0.717, 1.165) is 23.8 Å². The van der Waals surface area contributed by atoms with E-state index < -0.39 is 77.7 Å². The number of nitrogens with two attached hydrogens (primary N) is 1. The first-order valence-electron chi connectivity index (χ1n) is 20.2. The van der Waals surface area contributed by atoms with Crippen molar-refractivity contribution in [3.05, 3.63) is 83.7 Å². The number of rotatable bonds is 26. The third-order valence-electron chi connectivity index (χ3n) is 9.46. The van der Waals surface area contributed by atoms with E-state index in [1.54, 1.807) is 17.2 Å². The van der Waals surface area contributed by atoms with E-state index in [9.17, 15) is 43.1 Å². The van der Waals surface area contributed by atoms with Crippen molar-refractivity contribution in [1.82, 2.24) is 30.7 Å². The summed E-state index contributed by atoms with van der Waals surface area (Å²) < 4.78 is 31.5. The van der Waals surface area contributed by atoms with Gasteiger partial charge in [-0.2, -0.15) is 11.8 Å². The van der Waals surface area contributed by atoms with Gasteiger partial charge in [0.1, 0.15) is 17.7 Å². The molecule has 0 bridgehead atoms. The van der Waals surface area contributed by atoms with Crippen molar-refractivity contribution >= 4 is 53.2 Å². The fourth-order valence-corrected chi connectivity index (χ4v) is 7.36. The van der Waals surface area contributed by atoms with Crippen LogP contribution in [0.5, 0.6) is 0 Å². The van der Waals surface area contributed by atoms with Gasteiger partial charge in [0, 0.05) is 74.2 Å². The average Bonchev–Trinajstić information content (AvgIpc) is 3.62. The maximum Gasteiger partial charge on any atom is 0.303 e. The lowest BCUT2D eigenvalue weighted by molar-refractivity contribution is -0.139. The summed E-state index contributed by atoms with van der Waals surface area (Å²) >= 11 is 1.20. The number of aromatic nitrogens is 1. The molecule has 0 unspecified atom stereocenters. The monoisotopic (exact) mass is 885 g/mol. The first-order valence-corrected chi connectivity index (χ1v) is 21.4. The fourth-order valence-electron chi connectivity index (χ4n) is 6.54. The van der Waals surface area contributed by atoms with E-state index in [-0.39, 0.29) is 61.7 Å². The van der Waals surface area contributed by atoms with E-state index in [1.165, 1.54) is 11.8 Å². The summed E-state index contributed by atoms with van der Waals surface area (Å²) in [5.74, 6) is -6.01. The number of aliphatic carboxylic acids is 2. The van der Waals surface area contributed by atoms with Crippen molar-refractivity contribution in [1.29, 1.82) is 0 Å². The smallest absolute Gasteiger partial charge is 0.303 e. The average molecular weight is 886 g/mol. The minimum atomic E-state index is -1.20. The van der Waals surface area contributed by atoms with Crippen LogP contribution in [0.15, 0.2) is 60.8 Å². The Bertz CT molecular complexity index is 2010. The number of amides is 5. The largest absolute Gasteiger partial charge is 0.481 e. The van der Waals surface area contributed by atoms with Crippen LogP contribution in [0.4, 0.5) is 8.78 Å². The SMILES string of the molecule is CC(C)(C)[C@H](c1cc(-c2cc(F)ccc2F)cn1Cc1ccccc1)N(CCCN)C(=O)CSCCC(=O)N[C@@H](CCC(=O)O)C(=O)NCCNC(=O)CNC(=O)CCC(=O)O. The summed E-state index contributed by atoms with van der Waals surface area (Å²) in [5.41, 5.74) is 7.58. The number of nitrogens with one attached hydrogen (secondary N) is 4. The second-order valence-electron chi connectivity index (χ2n) is 15.6. The van der Waals surface area contributed by atoms with Crippen molar-refractivity contribution in [3.8, 4) is 11.1 Å². The zero-order valence-electron chi connectivity index (χ0n) is 35.2. The second kappa shape index (κ2) is 25.2. The van der Waals surface area contributed by atoms with Crippen LogP contribution >= 0.6 is 11.8 Å². The summed E-state index contributed by atoms with van der Waals surface area (Å²) in [5, 5.41) is 27.7. The van der Waals surface area contributed by atoms with Crippen LogP contribution in [-0.4, -0.2) is 111 Å². The number of benzene rings is 2. The Morgan fingerprint density at radius 1 is 0.839 bits per heavy atom. The van der Waals surface area contributed by atoms with Gasteiger partial charge in [0.25, 0.3) is 0 Å². The molecule has 1 aromatic heterocycles. The summed E-state index contributed by atoms with van der Waals surface area (Å²) in [4.78, 5) is 87.3. The molecule has 3 rings (SSSR count). The minimum Gasteiger partial charge on any atom is -0.481 e. The van der Waals surface area contributed by atoms with Gasteiger partial charge in [-0.25, -0.2) is 8.78 Å². The maximum atomic E-state index is 15.1. The van der Waals surface area contributed by atoms with Gasteiger partial charge in [-0.1, -0.05) is 51.1 Å². The molecule has 1 heterocycles. The third kappa shape index (κ3) is 17.3. The first kappa shape index (κ1) is 50.5. The van der Waals surface area contributed by atoms with Crippen LogP contribution in [0.2, 0.25) is 0 Å². The van der Waals surface area contributed by atoms with Crippen LogP contribution in [-0.2, 0) is 40.1 Å². The number of carboxylic acid groups (broad SMARTS) is 2. The van der Waals surface area contributed by atoms with Crippen LogP contribution in [0.25, 0.3) is 11.1 Å². The highest BCUT2D eigenvalue weighted by Crippen LogP contribution is 2.41. The number of carbonyl (C=O) groups excluding carboxylic acids is 5. The minimum absolute atomic E-state index is 0.0180. The molecular weight excluding hydrogens is 829 g/mol. The number of hydrogen-bond donors (Lipinski definition) is 7. The maximum absolute atomic E-state index is 15.1. The Morgan fingerprint density at radius 3 is 2.19 bits per heavy atom. The molecule has 0 spiro atoms. The molecule has 16 nitrogen and oxygen atoms in total. The highest BCUT2D eigenvalue weighted by molar-refractivity contribution is 7.99. The van der Waals surface area contributed by atoms with E-state index >= 15 is 4.39 Å². The van der Waals surface area contributed by atoms with E-state index in [0.29, 0.717) is 37.3 Å². The molecule has 0 radical (unpaired) electrons. The molecule has 8 N–H and O–H groups in total. The lowest BCUT2D eigenvalue weighted by atomic mass is 9.83. The Balaban J connectivity index is 1.67. The topological polar surface area (TPSA) is 242 Å². The molecule has 0 aliphatic carbocycles. The summed E-state index contributed by atoms with van der Waals surface area (Å²) in [6.07, 6.45) is 0.846. The molecule has 3 aromatic rings. The summed E-state index contributed by atoms with van der Waals surface area (Å²) in [6, 6.07) is 12.9. The lowest BCUT2D eigenvalue weighted by Crippen LogP contribution is -2.49. The molecule has 0 saturated heterocycles. The van der Waals surface area contributed by atoms with Crippen molar-refractivity contribution in [2.75, 3.05) is 44.2 Å². The molecule has 0 fully saturated rings. The number of carboxylic acids is 2. The van der Waals surface area contributed by atoms with Gasteiger partial charge in [-0.15, -0.1) is 0 Å². The standard InChI is InChI=1S/C43H57F2N7O9S/c1-43(2,3)41(34-22-29(31-23-30(44)10-11-32(31)45)26-51(34)25-28-8-5-4-6-9-28)52(20-7-17-46)38(56)27-62-21-16-36(54)50-33(12-14-39(57)58)42(61)48-19-18-47-37(55)24-49-35(53)13-15-40(59)60/h4-6,8-11,22-23,26,33,41H,7,12-21,24-25,27,46H2,1-3H3,(H,47,55)(H,48,61)(H,49,53)(H,50,54)(H,57,58)(H,59,60)/t33-,41-/m0/s1. The lowest BCUT2D eigenvalue weighted by Gasteiger charge is -2.41. The molecular formula is C43H57F2N7O9S. The van der Waals surface area contributed by atoms with Gasteiger partial charge in [0.05, 0.1) is 24.8 Å². The highest BCUT2D eigenvalue weighted by atomic mass is 32.2. The Labute approximate surface area is 363 Å². The molecule has 5 amide bonds. The quantitative estimate of drug-likeness (QED) is 0.0576. The Hall–Kier alpha value is -5.82. The van der Waals surface area contributed by atoms with Crippen molar-refractivity contribution < 1.29 is 52.6 Å². The Kier molecular flexibility index (Phi) is 20.5. The van der Waals surface area contributed by atoms with Crippen molar-refractivity contribution in [3.63, 3.8) is 0 Å². The molecule has 0 aliphatic heterocycles. The zero-order chi connectivity index (χ0) is 45.8. The van der Waals surface area contributed by atoms with E-state index in [4.69, 9.17) is 10.8 Å². The number of nitrogens with zero attached hydrogens (tertiary/aromatic N) is 2. The highest BCUT2D eigenvalue weighted by Gasteiger charge is 2.37. The zero-order valence-corrected chi connectivity index (χ0v) is 36.0. The Morgan fingerprint density at radius 2 is 1.53 bits per heavy atom. The van der Waals surface area contributed by atoms with Crippen LogP contribution in [0, 0.1) is 17.0 Å². The van der Waals surface area contributed by atoms with Gasteiger partial charge in [0.2, 0.25) is 29.5 Å². The van der Waals surface area contributed by atoms with Crippen LogP contribution in [0.3, 0.4) is 0 Å². The fraction of sp³-hybridized carbons (Fsp3) is 0.465. The third-order valence-corrected chi connectivity index (χ3v) is 10.4. The van der Waals surface area contributed by atoms with Crippen LogP contribution < -0.4 is 27.0 Å². The predicted molar refractivity (Wildman–Crippen MR) is 230 cm³/mol. The normalized spacial score (nSPS) is 12.2. The summed E-state index contributed by atoms with van der Waals surface area (Å²) in [6.45, 7) is 6.44. The number of carbonyl (C=O) groups is 7. The first-order chi connectivity index (χ1) is 29.4. The van der Waals surface area contributed by atoms with Crippen molar-refractivity contribution in [2.24, 2.45) is 11.1 Å². The number of hydrogen-bond acceptors (Lipinski definition) is 9. The van der Waals surface area contributed by atoms with E-state index in [2.05, 4.69) is 21.3 Å². The van der Waals surface area contributed by atoms with Gasteiger partial charge in [0.15, 0.2) is 0 Å². The molecule has 0 aliphatic rings.